The molecule has 2 aliphatic carbocycles. The molecule has 0 bridgehead atoms. The van der Waals surface area contributed by atoms with Crippen LogP contribution < -0.4 is 0 Å². The van der Waals surface area contributed by atoms with Crippen molar-refractivity contribution in [2.45, 2.75) is 39.0 Å². The number of halogens is 2. The summed E-state index contributed by atoms with van der Waals surface area (Å²) in [5.41, 5.74) is 1.86. The van der Waals surface area contributed by atoms with E-state index in [0.717, 1.165) is 37.7 Å². The highest BCUT2D eigenvalue weighted by molar-refractivity contribution is 6.56. The number of allylic oxidation sites excluding steroid dienone is 3. The summed E-state index contributed by atoms with van der Waals surface area (Å²) in [7, 11) is 0. The molecule has 0 amide bonds. The Morgan fingerprint density at radius 3 is 2.88 bits per heavy atom. The van der Waals surface area contributed by atoms with Crippen LogP contribution in [0.15, 0.2) is 27.0 Å². The molecule has 0 aromatic carbocycles. The van der Waals surface area contributed by atoms with Gasteiger partial charge in [-0.15, -0.1) is 4.91 Å². The molecule has 4 heteroatoms. The van der Waals surface area contributed by atoms with Gasteiger partial charge in [-0.1, -0.05) is 42.6 Å². The van der Waals surface area contributed by atoms with Gasteiger partial charge in [0.15, 0.2) is 0 Å². The first-order chi connectivity index (χ1) is 8.19. The molecule has 3 atom stereocenters. The Balaban J connectivity index is 2.30. The van der Waals surface area contributed by atoms with E-state index < -0.39 is 0 Å². The lowest BCUT2D eigenvalue weighted by Gasteiger charge is -2.27. The molecule has 2 rings (SSSR count). The van der Waals surface area contributed by atoms with Gasteiger partial charge in [0.25, 0.3) is 0 Å². The molecule has 3 unspecified atom stereocenters. The average Bonchev–Trinajstić information content (AvgIpc) is 2.69. The fourth-order valence-electron chi connectivity index (χ4n) is 3.40. The zero-order chi connectivity index (χ0) is 12.4. The number of nitroso groups, excluding NO2 is 1. The van der Waals surface area contributed by atoms with Crippen LogP contribution in [0.25, 0.3) is 0 Å². The minimum absolute atomic E-state index is 0.250. The Morgan fingerprint density at radius 2 is 2.29 bits per heavy atom. The topological polar surface area (TPSA) is 29.4 Å². The zero-order valence-corrected chi connectivity index (χ0v) is 11.5. The molecule has 2 aliphatic rings. The van der Waals surface area contributed by atoms with Gasteiger partial charge >= 0.3 is 0 Å². The number of rotatable bonds is 3. The largest absolute Gasteiger partial charge is 0.145 e. The van der Waals surface area contributed by atoms with Crippen LogP contribution in [0.2, 0.25) is 0 Å². The molecular weight excluding hydrogens is 257 g/mol. The number of hydrogen-bond acceptors (Lipinski definition) is 2. The Bertz CT molecular complexity index is 372. The molecule has 0 N–H and O–H groups in total. The van der Waals surface area contributed by atoms with Gasteiger partial charge in [0.1, 0.15) is 4.49 Å². The lowest BCUT2D eigenvalue weighted by Crippen LogP contribution is -2.19. The third kappa shape index (κ3) is 2.43. The third-order valence-electron chi connectivity index (χ3n) is 4.10. The maximum Gasteiger partial charge on any atom is 0.106 e. The minimum atomic E-state index is 0.250. The molecule has 0 saturated heterocycles. The molecule has 0 heterocycles. The molecule has 0 radical (unpaired) electrons. The maximum atomic E-state index is 10.8. The Kier molecular flexibility index (Phi) is 4.26. The van der Waals surface area contributed by atoms with Crippen LogP contribution in [0.3, 0.4) is 0 Å². The molecule has 94 valence electrons. The second kappa shape index (κ2) is 5.53. The quantitative estimate of drug-likeness (QED) is 0.652. The average molecular weight is 274 g/mol. The molecule has 0 spiro atoms. The Labute approximate surface area is 112 Å². The van der Waals surface area contributed by atoms with Crippen LogP contribution in [0.1, 0.15) is 39.0 Å². The molecule has 17 heavy (non-hydrogen) atoms. The predicted octanol–water partition coefficient (Wildman–Crippen LogP) is 5.17. The highest BCUT2D eigenvalue weighted by Crippen LogP contribution is 2.52. The second-order valence-electron chi connectivity index (χ2n) is 4.95. The van der Waals surface area contributed by atoms with E-state index >= 15 is 0 Å². The van der Waals surface area contributed by atoms with Gasteiger partial charge in [0, 0.05) is 5.92 Å². The summed E-state index contributed by atoms with van der Waals surface area (Å²) < 4.78 is 0.406. The van der Waals surface area contributed by atoms with Crippen molar-refractivity contribution in [2.75, 3.05) is 0 Å². The Morgan fingerprint density at radius 1 is 1.53 bits per heavy atom. The molecule has 0 aliphatic heterocycles. The van der Waals surface area contributed by atoms with Gasteiger partial charge in [0.2, 0.25) is 0 Å². The van der Waals surface area contributed by atoms with Crippen LogP contribution in [-0.2, 0) is 0 Å². The molecule has 2 nitrogen and oxygen atoms in total. The van der Waals surface area contributed by atoms with E-state index in [1.807, 2.05) is 6.08 Å². The van der Waals surface area contributed by atoms with E-state index in [0.29, 0.717) is 22.0 Å². The van der Waals surface area contributed by atoms with E-state index in [-0.39, 0.29) is 5.92 Å². The van der Waals surface area contributed by atoms with E-state index in [4.69, 9.17) is 23.2 Å². The van der Waals surface area contributed by atoms with Gasteiger partial charge in [-0.3, -0.25) is 0 Å². The summed E-state index contributed by atoms with van der Waals surface area (Å²) in [4.78, 5) is 10.8. The van der Waals surface area contributed by atoms with E-state index in [1.54, 1.807) is 0 Å². The van der Waals surface area contributed by atoms with Gasteiger partial charge < -0.3 is 0 Å². The number of hydrogen-bond donors (Lipinski definition) is 0. The summed E-state index contributed by atoms with van der Waals surface area (Å²) in [5.74, 6) is 1.20. The summed E-state index contributed by atoms with van der Waals surface area (Å²) >= 11 is 12.0. The van der Waals surface area contributed by atoms with Crippen molar-refractivity contribution < 1.29 is 0 Å². The first-order valence-electron chi connectivity index (χ1n) is 6.26. The molecule has 0 aromatic heterocycles. The summed E-state index contributed by atoms with van der Waals surface area (Å²) in [5, 5.41) is 3.18. The fraction of sp³-hybridized carbons (Fsp3) is 0.692. The van der Waals surface area contributed by atoms with Crippen molar-refractivity contribution in [1.82, 2.24) is 0 Å². The van der Waals surface area contributed by atoms with Crippen molar-refractivity contribution in [2.24, 2.45) is 22.9 Å². The number of fused-ring (bicyclic) bond motifs is 1. The highest BCUT2D eigenvalue weighted by Gasteiger charge is 2.43. The van der Waals surface area contributed by atoms with Gasteiger partial charge in [-0.25, -0.2) is 0 Å². The van der Waals surface area contributed by atoms with Crippen molar-refractivity contribution in [3.63, 3.8) is 0 Å². The van der Waals surface area contributed by atoms with Gasteiger partial charge in [0.05, 0.1) is 5.70 Å². The third-order valence-corrected chi connectivity index (χ3v) is 4.59. The predicted molar refractivity (Wildman–Crippen MR) is 71.8 cm³/mol. The highest BCUT2D eigenvalue weighted by atomic mass is 35.5. The van der Waals surface area contributed by atoms with E-state index in [2.05, 4.69) is 12.1 Å². The molecule has 1 fully saturated rings. The van der Waals surface area contributed by atoms with Crippen LogP contribution in [0, 0.1) is 22.7 Å². The standard InChI is InChI=1S/C13H17Cl2NO/c1-2-4-8-9-5-3-6-12(16-17)10(9)7-11(8)13(14)15/h6,8-10H,2-5,7H2,1H3. The van der Waals surface area contributed by atoms with Crippen LogP contribution in [-0.4, -0.2) is 0 Å². The molecular formula is C13H17Cl2NO. The maximum absolute atomic E-state index is 10.8. The van der Waals surface area contributed by atoms with Crippen LogP contribution >= 0.6 is 23.2 Å². The summed E-state index contributed by atoms with van der Waals surface area (Å²) in [6.07, 6.45) is 7.09. The van der Waals surface area contributed by atoms with Crippen LogP contribution in [0.4, 0.5) is 0 Å². The first kappa shape index (κ1) is 13.1. The van der Waals surface area contributed by atoms with Crippen molar-refractivity contribution in [1.29, 1.82) is 0 Å². The lowest BCUT2D eigenvalue weighted by molar-refractivity contribution is 0.302. The van der Waals surface area contributed by atoms with Gasteiger partial charge in [-0.05, 0) is 48.3 Å². The second-order valence-corrected chi connectivity index (χ2v) is 5.90. The van der Waals surface area contributed by atoms with Crippen molar-refractivity contribution in [3.05, 3.63) is 26.7 Å². The molecule has 1 saturated carbocycles. The lowest BCUT2D eigenvalue weighted by atomic mass is 9.78. The summed E-state index contributed by atoms with van der Waals surface area (Å²) in [6, 6.07) is 0. The zero-order valence-electron chi connectivity index (χ0n) is 9.96. The van der Waals surface area contributed by atoms with Crippen LogP contribution in [0.5, 0.6) is 0 Å². The van der Waals surface area contributed by atoms with E-state index in [1.165, 1.54) is 0 Å². The monoisotopic (exact) mass is 273 g/mol. The van der Waals surface area contributed by atoms with Gasteiger partial charge in [-0.2, -0.15) is 0 Å². The van der Waals surface area contributed by atoms with Crippen molar-refractivity contribution >= 4 is 23.2 Å². The smallest absolute Gasteiger partial charge is 0.106 e. The summed E-state index contributed by atoms with van der Waals surface area (Å²) in [6.45, 7) is 2.17. The Hall–Kier alpha value is -0.340. The SMILES string of the molecule is CCCC1C(=C(Cl)Cl)CC2C(N=O)=CCCC21. The number of nitrogens with zero attached hydrogens (tertiary/aromatic N) is 1. The first-order valence-corrected chi connectivity index (χ1v) is 7.02. The molecule has 0 aromatic rings. The van der Waals surface area contributed by atoms with E-state index in [9.17, 15) is 4.91 Å². The normalized spacial score (nSPS) is 32.1. The fourth-order valence-corrected chi connectivity index (χ4v) is 3.84. The van der Waals surface area contributed by atoms with Crippen molar-refractivity contribution in [3.8, 4) is 0 Å². The minimum Gasteiger partial charge on any atom is -0.145 e.